The number of benzene rings is 3. The van der Waals surface area contributed by atoms with Crippen LogP contribution < -0.4 is 5.32 Å². The Bertz CT molecular complexity index is 1270. The van der Waals surface area contributed by atoms with Gasteiger partial charge in [0.2, 0.25) is 15.9 Å². The Morgan fingerprint density at radius 2 is 1.56 bits per heavy atom. The number of nitrogens with zero attached hydrogens (tertiary/aromatic N) is 2. The Kier molecular flexibility index (Phi) is 7.14. The van der Waals surface area contributed by atoms with E-state index in [1.54, 1.807) is 30.0 Å². The highest BCUT2D eigenvalue weighted by molar-refractivity contribution is 7.89. The van der Waals surface area contributed by atoms with Crippen LogP contribution in [0.2, 0.25) is 0 Å². The van der Waals surface area contributed by atoms with Gasteiger partial charge >= 0.3 is 6.09 Å². The second-order valence-corrected chi connectivity index (χ2v) is 10.1. The van der Waals surface area contributed by atoms with Crippen molar-refractivity contribution in [2.24, 2.45) is 0 Å². The summed E-state index contributed by atoms with van der Waals surface area (Å²) in [6, 6.07) is 21.1. The van der Waals surface area contributed by atoms with Crippen molar-refractivity contribution in [2.45, 2.75) is 24.5 Å². The fourth-order valence-electron chi connectivity index (χ4n) is 3.90. The van der Waals surface area contributed by atoms with Crippen molar-refractivity contribution in [2.75, 3.05) is 26.2 Å². The minimum atomic E-state index is -3.67. The number of fused-ring (bicyclic) bond motifs is 1. The van der Waals surface area contributed by atoms with Gasteiger partial charge in [-0.25, -0.2) is 13.2 Å². The predicted octanol–water partition coefficient (Wildman–Crippen LogP) is 2.99. The Balaban J connectivity index is 1.30. The first kappa shape index (κ1) is 23.7. The van der Waals surface area contributed by atoms with E-state index in [2.05, 4.69) is 5.32 Å². The SMILES string of the molecule is CC(NC(=O)OCc1ccccc1)C(=O)N1CCN(S(=O)(=O)c2ccc3ccccc3c2)CC1. The third-order valence-corrected chi connectivity index (χ3v) is 7.72. The summed E-state index contributed by atoms with van der Waals surface area (Å²) in [6.07, 6.45) is -0.678. The number of nitrogens with one attached hydrogen (secondary N) is 1. The van der Waals surface area contributed by atoms with Crippen molar-refractivity contribution >= 4 is 32.8 Å². The van der Waals surface area contributed by atoms with Crippen molar-refractivity contribution in [1.82, 2.24) is 14.5 Å². The molecule has 0 spiro atoms. The molecule has 34 heavy (non-hydrogen) atoms. The molecule has 1 unspecified atom stereocenters. The maximum absolute atomic E-state index is 13.1. The van der Waals surface area contributed by atoms with Crippen LogP contribution in [0.1, 0.15) is 12.5 Å². The average molecular weight is 482 g/mol. The van der Waals surface area contributed by atoms with Gasteiger partial charge in [0.25, 0.3) is 0 Å². The van der Waals surface area contributed by atoms with Crippen LogP contribution in [0.5, 0.6) is 0 Å². The molecule has 0 saturated carbocycles. The van der Waals surface area contributed by atoms with Crippen molar-refractivity contribution < 1.29 is 22.7 Å². The summed E-state index contributed by atoms with van der Waals surface area (Å²) < 4.78 is 32.8. The molecule has 8 nitrogen and oxygen atoms in total. The summed E-state index contributed by atoms with van der Waals surface area (Å²) in [5, 5.41) is 4.38. The van der Waals surface area contributed by atoms with Crippen LogP contribution >= 0.6 is 0 Å². The number of alkyl carbamates (subject to hydrolysis) is 1. The number of amides is 2. The van der Waals surface area contributed by atoms with Gasteiger partial charge in [0.15, 0.2) is 0 Å². The fourth-order valence-corrected chi connectivity index (χ4v) is 5.36. The molecule has 1 aliphatic rings. The van der Waals surface area contributed by atoms with Gasteiger partial charge in [-0.1, -0.05) is 60.7 Å². The number of piperazine rings is 1. The first-order valence-electron chi connectivity index (χ1n) is 11.1. The lowest BCUT2D eigenvalue weighted by Gasteiger charge is -2.35. The molecule has 9 heteroatoms. The standard InChI is InChI=1S/C25H27N3O5S/c1-19(26-25(30)33-18-20-7-3-2-4-8-20)24(29)27-13-15-28(16-14-27)34(31,32)23-12-11-21-9-5-6-10-22(21)17-23/h2-12,17,19H,13-16,18H2,1H3,(H,26,30). The lowest BCUT2D eigenvalue weighted by atomic mass is 10.1. The predicted molar refractivity (Wildman–Crippen MR) is 129 cm³/mol. The molecule has 0 radical (unpaired) electrons. The van der Waals surface area contributed by atoms with Crippen LogP contribution in [0.3, 0.4) is 0 Å². The van der Waals surface area contributed by atoms with E-state index in [1.807, 2.05) is 54.6 Å². The van der Waals surface area contributed by atoms with Gasteiger partial charge in [-0.2, -0.15) is 4.31 Å². The molecule has 1 atom stereocenters. The number of sulfonamides is 1. The first-order valence-corrected chi connectivity index (χ1v) is 12.5. The van der Waals surface area contributed by atoms with Crippen molar-refractivity contribution in [3.05, 3.63) is 78.4 Å². The summed E-state index contributed by atoms with van der Waals surface area (Å²) in [7, 11) is -3.67. The molecule has 0 aromatic heterocycles. The zero-order chi connectivity index (χ0) is 24.1. The fraction of sp³-hybridized carbons (Fsp3) is 0.280. The topological polar surface area (TPSA) is 96.0 Å². The van der Waals surface area contributed by atoms with E-state index < -0.39 is 22.2 Å². The van der Waals surface area contributed by atoms with E-state index in [0.29, 0.717) is 0 Å². The van der Waals surface area contributed by atoms with Crippen LogP contribution in [0.4, 0.5) is 4.79 Å². The van der Waals surface area contributed by atoms with Gasteiger partial charge in [0.05, 0.1) is 4.90 Å². The number of ether oxygens (including phenoxy) is 1. The number of hydrogen-bond acceptors (Lipinski definition) is 5. The van der Waals surface area contributed by atoms with Crippen molar-refractivity contribution in [3.8, 4) is 0 Å². The van der Waals surface area contributed by atoms with Crippen LogP contribution in [0.15, 0.2) is 77.7 Å². The van der Waals surface area contributed by atoms with E-state index in [1.165, 1.54) is 4.31 Å². The molecule has 178 valence electrons. The van der Waals surface area contributed by atoms with Crippen molar-refractivity contribution in [1.29, 1.82) is 0 Å². The zero-order valence-corrected chi connectivity index (χ0v) is 19.7. The summed E-state index contributed by atoms with van der Waals surface area (Å²) >= 11 is 0. The van der Waals surface area contributed by atoms with E-state index in [4.69, 9.17) is 4.74 Å². The third kappa shape index (κ3) is 5.37. The van der Waals surface area contributed by atoms with Gasteiger partial charge in [0, 0.05) is 26.2 Å². The molecule has 0 aliphatic carbocycles. The summed E-state index contributed by atoms with van der Waals surface area (Å²) in [5.41, 5.74) is 0.848. The van der Waals surface area contributed by atoms with Crippen LogP contribution in [-0.2, 0) is 26.2 Å². The van der Waals surface area contributed by atoms with Gasteiger partial charge in [-0.15, -0.1) is 0 Å². The minimum Gasteiger partial charge on any atom is -0.445 e. The molecule has 4 rings (SSSR count). The van der Waals surface area contributed by atoms with E-state index >= 15 is 0 Å². The van der Waals surface area contributed by atoms with Crippen LogP contribution in [0, 0.1) is 0 Å². The van der Waals surface area contributed by atoms with Crippen LogP contribution in [-0.4, -0.2) is 61.8 Å². The monoisotopic (exact) mass is 481 g/mol. The average Bonchev–Trinajstić information content (AvgIpc) is 2.87. The highest BCUT2D eigenvalue weighted by atomic mass is 32.2. The van der Waals surface area contributed by atoms with Crippen molar-refractivity contribution in [3.63, 3.8) is 0 Å². The smallest absolute Gasteiger partial charge is 0.408 e. The quantitative estimate of drug-likeness (QED) is 0.584. The van der Waals surface area contributed by atoms with Gasteiger partial charge in [0.1, 0.15) is 12.6 Å². The van der Waals surface area contributed by atoms with E-state index in [-0.39, 0.29) is 43.6 Å². The van der Waals surface area contributed by atoms with E-state index in [0.717, 1.165) is 16.3 Å². The number of carbonyl (C=O) groups is 2. The molecule has 2 amide bonds. The number of carbonyl (C=O) groups excluding carboxylic acids is 2. The summed E-state index contributed by atoms with van der Waals surface area (Å²) in [6.45, 7) is 2.56. The molecule has 1 N–H and O–H groups in total. The lowest BCUT2D eigenvalue weighted by Crippen LogP contribution is -2.55. The highest BCUT2D eigenvalue weighted by Crippen LogP contribution is 2.23. The van der Waals surface area contributed by atoms with Gasteiger partial charge < -0.3 is 15.0 Å². The maximum atomic E-state index is 13.1. The molecule has 3 aromatic rings. The Morgan fingerprint density at radius 1 is 0.912 bits per heavy atom. The van der Waals surface area contributed by atoms with E-state index in [9.17, 15) is 18.0 Å². The number of hydrogen-bond donors (Lipinski definition) is 1. The Labute approximate surface area is 199 Å². The molecule has 1 saturated heterocycles. The molecule has 0 bridgehead atoms. The lowest BCUT2D eigenvalue weighted by molar-refractivity contribution is -0.134. The Morgan fingerprint density at radius 3 is 2.26 bits per heavy atom. The largest absolute Gasteiger partial charge is 0.445 e. The van der Waals surface area contributed by atoms with Gasteiger partial charge in [-0.3, -0.25) is 4.79 Å². The Hall–Kier alpha value is -3.43. The minimum absolute atomic E-state index is 0.110. The number of rotatable bonds is 6. The third-order valence-electron chi connectivity index (χ3n) is 5.83. The molecule has 1 aliphatic heterocycles. The second-order valence-electron chi connectivity index (χ2n) is 8.17. The molecular formula is C25H27N3O5S. The summed E-state index contributed by atoms with van der Waals surface area (Å²) in [5.74, 6) is -0.278. The molecule has 1 heterocycles. The van der Waals surface area contributed by atoms with Crippen LogP contribution in [0.25, 0.3) is 10.8 Å². The first-order chi connectivity index (χ1) is 16.3. The zero-order valence-electron chi connectivity index (χ0n) is 18.9. The summed E-state index contributed by atoms with van der Waals surface area (Å²) in [4.78, 5) is 26.6. The highest BCUT2D eigenvalue weighted by Gasteiger charge is 2.32. The molecule has 1 fully saturated rings. The normalized spacial score (nSPS) is 15.6. The van der Waals surface area contributed by atoms with Gasteiger partial charge in [-0.05, 0) is 35.4 Å². The maximum Gasteiger partial charge on any atom is 0.408 e. The molecule has 3 aromatic carbocycles. The molecular weight excluding hydrogens is 454 g/mol. The second kappa shape index (κ2) is 10.2.